The molecule has 0 amide bonds. The van der Waals surface area contributed by atoms with Gasteiger partial charge in [0.1, 0.15) is 5.80 Å². The minimum absolute atomic E-state index is 0.0432. The van der Waals surface area contributed by atoms with Crippen LogP contribution in [0.4, 0.5) is 0 Å². The second-order valence-corrected chi connectivity index (χ2v) is 7.25. The van der Waals surface area contributed by atoms with Gasteiger partial charge in [0.05, 0.1) is 20.9 Å². The van der Waals surface area contributed by atoms with Crippen LogP contribution in [0.5, 0.6) is 0 Å². The number of hydrogen-bond acceptors (Lipinski definition) is 0. The molecule has 2 rings (SSSR count). The lowest BCUT2D eigenvalue weighted by Crippen LogP contribution is -1.84. The summed E-state index contributed by atoms with van der Waals surface area (Å²) >= 11 is 0. The zero-order chi connectivity index (χ0) is 13.8. The highest BCUT2D eigenvalue weighted by Crippen LogP contribution is 2.23. The Morgan fingerprint density at radius 3 is 1.84 bits per heavy atom. The predicted octanol–water partition coefficient (Wildman–Crippen LogP) is 5.22. The van der Waals surface area contributed by atoms with Crippen LogP contribution in [0.1, 0.15) is 11.1 Å². The molecule has 0 unspecified atom stereocenters. The highest BCUT2D eigenvalue weighted by Gasteiger charge is 2.02. The lowest BCUT2D eigenvalue weighted by Gasteiger charge is -2.04. The number of hydrogen-bond donors (Lipinski definition) is 0. The highest BCUT2D eigenvalue weighted by molar-refractivity contribution is 7.56. The first-order chi connectivity index (χ1) is 9.06. The van der Waals surface area contributed by atoms with Crippen molar-refractivity contribution in [3.63, 3.8) is 0 Å². The van der Waals surface area contributed by atoms with E-state index in [9.17, 15) is 0 Å². The van der Waals surface area contributed by atoms with Crippen LogP contribution in [0.2, 0.25) is 0 Å². The normalized spacial score (nSPS) is 10.1. The molecule has 0 heterocycles. The third-order valence-corrected chi connectivity index (χ3v) is 3.88. The Hall–Kier alpha value is -1.65. The SMILES string of the molecule is C=C(C=[P+](C)C)c1ccc(-c2ccc(C)cc2)cc1. The zero-order valence-corrected chi connectivity index (χ0v) is 12.7. The summed E-state index contributed by atoms with van der Waals surface area (Å²) in [5.74, 6) is 2.26. The molecule has 0 spiro atoms. The molecule has 2 aromatic carbocycles. The van der Waals surface area contributed by atoms with Gasteiger partial charge in [-0.05, 0) is 23.6 Å². The fraction of sp³-hybridized carbons (Fsp3) is 0.167. The fourth-order valence-electron chi connectivity index (χ4n) is 2.01. The predicted molar refractivity (Wildman–Crippen MR) is 90.5 cm³/mol. The third-order valence-electron chi connectivity index (χ3n) is 3.05. The van der Waals surface area contributed by atoms with E-state index in [2.05, 4.69) is 81.2 Å². The van der Waals surface area contributed by atoms with Crippen molar-refractivity contribution < 1.29 is 0 Å². The largest absolute Gasteiger partial charge is 0.114 e. The van der Waals surface area contributed by atoms with Crippen molar-refractivity contribution in [3.05, 3.63) is 66.2 Å². The quantitative estimate of drug-likeness (QED) is 0.669. The Kier molecular flexibility index (Phi) is 4.35. The van der Waals surface area contributed by atoms with Gasteiger partial charge in [-0.15, -0.1) is 0 Å². The molecule has 0 N–H and O–H groups in total. The summed E-state index contributed by atoms with van der Waals surface area (Å²) in [6.07, 6.45) is 0. The molecule has 0 aliphatic heterocycles. The van der Waals surface area contributed by atoms with Gasteiger partial charge in [-0.3, -0.25) is 0 Å². The summed E-state index contributed by atoms with van der Waals surface area (Å²) in [7, 11) is -0.0432. The maximum absolute atomic E-state index is 4.14. The van der Waals surface area contributed by atoms with Crippen LogP contribution in [-0.4, -0.2) is 19.1 Å². The van der Waals surface area contributed by atoms with Crippen LogP contribution in [0.15, 0.2) is 55.1 Å². The molecule has 0 bridgehead atoms. The van der Waals surface area contributed by atoms with Crippen LogP contribution in [0.3, 0.4) is 0 Å². The Bertz CT molecular complexity index is 597. The van der Waals surface area contributed by atoms with E-state index < -0.39 is 0 Å². The van der Waals surface area contributed by atoms with Crippen LogP contribution in [0.25, 0.3) is 16.7 Å². The molecule has 1 heteroatoms. The monoisotopic (exact) mass is 267 g/mol. The first-order valence-corrected chi connectivity index (χ1v) is 8.74. The van der Waals surface area contributed by atoms with Crippen molar-refractivity contribution in [1.29, 1.82) is 0 Å². The molecule has 0 fully saturated rings. The van der Waals surface area contributed by atoms with E-state index in [1.807, 2.05) is 0 Å². The maximum atomic E-state index is 4.14. The third kappa shape index (κ3) is 3.66. The van der Waals surface area contributed by atoms with E-state index in [-0.39, 0.29) is 7.55 Å². The molecular weight excluding hydrogens is 247 g/mol. The number of allylic oxidation sites excluding steroid dienone is 1. The van der Waals surface area contributed by atoms with Crippen molar-refractivity contribution in [1.82, 2.24) is 0 Å². The van der Waals surface area contributed by atoms with E-state index in [0.717, 1.165) is 5.57 Å². The summed E-state index contributed by atoms with van der Waals surface area (Å²) in [4.78, 5) is 0. The molecule has 0 atom stereocenters. The molecule has 0 saturated carbocycles. The maximum Gasteiger partial charge on any atom is 0.114 e. The molecule has 0 saturated heterocycles. The van der Waals surface area contributed by atoms with Crippen molar-refractivity contribution in [2.45, 2.75) is 6.92 Å². The smallest absolute Gasteiger partial charge is 0.0874 e. The second-order valence-electron chi connectivity index (χ2n) is 5.06. The van der Waals surface area contributed by atoms with Crippen molar-refractivity contribution in [3.8, 4) is 11.1 Å². The van der Waals surface area contributed by atoms with Crippen LogP contribution in [0, 0.1) is 6.92 Å². The van der Waals surface area contributed by atoms with E-state index >= 15 is 0 Å². The van der Waals surface area contributed by atoms with Gasteiger partial charge in [-0.25, -0.2) is 0 Å². The van der Waals surface area contributed by atoms with Gasteiger partial charge < -0.3 is 0 Å². The van der Waals surface area contributed by atoms with Crippen molar-refractivity contribution in [2.75, 3.05) is 13.3 Å². The molecule has 0 aliphatic rings. The van der Waals surface area contributed by atoms with Crippen LogP contribution < -0.4 is 0 Å². The van der Waals surface area contributed by atoms with Gasteiger partial charge >= 0.3 is 0 Å². The summed E-state index contributed by atoms with van der Waals surface area (Å²) in [5.41, 5.74) is 6.16. The second kappa shape index (κ2) is 5.99. The van der Waals surface area contributed by atoms with E-state index in [1.165, 1.54) is 22.3 Å². The van der Waals surface area contributed by atoms with Crippen LogP contribution >= 0.6 is 7.55 Å². The summed E-state index contributed by atoms with van der Waals surface area (Å²) in [5, 5.41) is 0. The fourth-order valence-corrected chi connectivity index (χ4v) is 2.78. The lowest BCUT2D eigenvalue weighted by atomic mass is 10.0. The highest BCUT2D eigenvalue weighted by atomic mass is 31.1. The Balaban J connectivity index is 2.26. The number of rotatable bonds is 3. The summed E-state index contributed by atoms with van der Waals surface area (Å²) in [6.45, 7) is 10.7. The minimum atomic E-state index is -0.0432. The topological polar surface area (TPSA) is 0 Å². The Morgan fingerprint density at radius 2 is 1.37 bits per heavy atom. The van der Waals surface area contributed by atoms with Gasteiger partial charge in [0.2, 0.25) is 0 Å². The Labute approximate surface area is 117 Å². The van der Waals surface area contributed by atoms with Gasteiger partial charge in [-0.2, -0.15) is 0 Å². The molecule has 0 aliphatic carbocycles. The minimum Gasteiger partial charge on any atom is -0.0874 e. The van der Waals surface area contributed by atoms with Crippen LogP contribution in [-0.2, 0) is 0 Å². The molecule has 0 radical (unpaired) electrons. The first-order valence-electron chi connectivity index (χ1n) is 6.44. The van der Waals surface area contributed by atoms with Gasteiger partial charge in [-0.1, -0.05) is 60.7 Å². The van der Waals surface area contributed by atoms with Crippen molar-refractivity contribution in [2.24, 2.45) is 0 Å². The number of aryl methyl sites for hydroxylation is 1. The van der Waals surface area contributed by atoms with E-state index in [1.54, 1.807) is 0 Å². The molecule has 96 valence electrons. The summed E-state index contributed by atoms with van der Waals surface area (Å²) < 4.78 is 0. The first kappa shape index (κ1) is 13.8. The van der Waals surface area contributed by atoms with Gasteiger partial charge in [0.15, 0.2) is 0 Å². The average Bonchev–Trinajstić information content (AvgIpc) is 2.39. The lowest BCUT2D eigenvalue weighted by molar-refractivity contribution is 1.47. The molecule has 0 aromatic heterocycles. The van der Waals surface area contributed by atoms with Gasteiger partial charge in [0.25, 0.3) is 0 Å². The van der Waals surface area contributed by atoms with Gasteiger partial charge in [0, 0.05) is 5.57 Å². The zero-order valence-electron chi connectivity index (χ0n) is 11.9. The summed E-state index contributed by atoms with van der Waals surface area (Å²) in [6, 6.07) is 17.3. The van der Waals surface area contributed by atoms with E-state index in [0.29, 0.717) is 0 Å². The van der Waals surface area contributed by atoms with Crippen molar-refractivity contribution >= 4 is 18.9 Å². The molecule has 2 aromatic rings. The Morgan fingerprint density at radius 1 is 0.895 bits per heavy atom. The average molecular weight is 267 g/mol. The molecule has 19 heavy (non-hydrogen) atoms. The number of benzene rings is 2. The molecule has 0 nitrogen and oxygen atoms in total. The molecular formula is C18H20P+. The van der Waals surface area contributed by atoms with E-state index in [4.69, 9.17) is 0 Å². The standard InChI is InChI=1S/C18H20P/c1-14-5-7-17(8-6-14)18-11-9-16(10-12-18)15(2)13-19(3)4/h5-13H,2H2,1,3-4H3/q+1.